The van der Waals surface area contributed by atoms with E-state index >= 15 is 0 Å². The van der Waals surface area contributed by atoms with Crippen LogP contribution >= 0.6 is 0 Å². The van der Waals surface area contributed by atoms with Crippen molar-refractivity contribution in [2.75, 3.05) is 0 Å². The van der Waals surface area contributed by atoms with Crippen LogP contribution in [0.4, 0.5) is 0 Å². The highest BCUT2D eigenvalue weighted by Gasteiger charge is 2.24. The third-order valence-corrected chi connectivity index (χ3v) is 4.01. The average Bonchev–Trinajstić information content (AvgIpc) is 2.96. The maximum Gasteiger partial charge on any atom is 0.268 e. The molecule has 2 aromatic rings. The van der Waals surface area contributed by atoms with Crippen molar-refractivity contribution in [3.8, 4) is 0 Å². The van der Waals surface area contributed by atoms with Crippen molar-refractivity contribution in [1.29, 1.82) is 0 Å². The summed E-state index contributed by atoms with van der Waals surface area (Å²) in [6.45, 7) is 0. The van der Waals surface area contributed by atoms with Gasteiger partial charge in [-0.05, 0) is 36.8 Å². The largest absolute Gasteiger partial charge is 0.289 e. The Hall–Kier alpha value is -2.14. The van der Waals surface area contributed by atoms with Crippen molar-refractivity contribution < 1.29 is 10.0 Å². The van der Waals surface area contributed by atoms with E-state index in [1.807, 2.05) is 36.5 Å². The molecule has 0 bridgehead atoms. The molecule has 5 nitrogen and oxygen atoms in total. The first-order valence-electron chi connectivity index (χ1n) is 7.32. The molecule has 110 valence electrons. The number of carbonyl (C=O) groups is 1. The van der Waals surface area contributed by atoms with E-state index in [-0.39, 0.29) is 0 Å². The van der Waals surface area contributed by atoms with Crippen molar-refractivity contribution in [2.24, 2.45) is 0 Å². The number of rotatable bonds is 4. The summed E-state index contributed by atoms with van der Waals surface area (Å²) in [6, 6.07) is 9.25. The molecule has 1 unspecified atom stereocenters. The van der Waals surface area contributed by atoms with Crippen LogP contribution in [0.3, 0.4) is 0 Å². The van der Waals surface area contributed by atoms with Gasteiger partial charge in [-0.3, -0.25) is 14.7 Å². The Morgan fingerprint density at radius 2 is 2.05 bits per heavy atom. The minimum absolute atomic E-state index is 0.432. The number of nitrogens with zero attached hydrogens (tertiary/aromatic N) is 2. The van der Waals surface area contributed by atoms with Gasteiger partial charge in [0.15, 0.2) is 0 Å². The van der Waals surface area contributed by atoms with Crippen LogP contribution in [0.15, 0.2) is 36.5 Å². The Morgan fingerprint density at radius 1 is 1.29 bits per heavy atom. The van der Waals surface area contributed by atoms with Gasteiger partial charge in [-0.25, -0.2) is 5.48 Å². The van der Waals surface area contributed by atoms with Gasteiger partial charge >= 0.3 is 0 Å². The van der Waals surface area contributed by atoms with Crippen LogP contribution in [0.2, 0.25) is 0 Å². The molecule has 1 aromatic carbocycles. The molecule has 1 aliphatic carbocycles. The number of hydrogen-bond donors (Lipinski definition) is 2. The number of carbonyl (C=O) groups excluding carboxylic acids is 1. The number of aryl methyl sites for hydroxylation is 2. The standard InChI is InChI=1S/C16H19N3O2/c20-16(18-21)15(10-12-6-2-1-3-7-12)19-11-13-8-4-5-9-14(13)17-19/h1-3,6-7,11,15,21H,4-5,8-10H2,(H,18,20). The molecule has 3 rings (SSSR count). The molecule has 1 aromatic heterocycles. The quantitative estimate of drug-likeness (QED) is 0.667. The molecule has 1 atom stereocenters. The summed E-state index contributed by atoms with van der Waals surface area (Å²) < 4.78 is 1.70. The Labute approximate surface area is 123 Å². The van der Waals surface area contributed by atoms with Crippen molar-refractivity contribution >= 4 is 5.91 Å². The smallest absolute Gasteiger partial charge is 0.268 e. The zero-order chi connectivity index (χ0) is 14.7. The Balaban J connectivity index is 1.88. The molecular weight excluding hydrogens is 266 g/mol. The van der Waals surface area contributed by atoms with E-state index in [9.17, 15) is 4.79 Å². The number of hydroxylamine groups is 1. The summed E-state index contributed by atoms with van der Waals surface area (Å²) in [4.78, 5) is 12.0. The van der Waals surface area contributed by atoms with Crippen LogP contribution in [0.25, 0.3) is 0 Å². The SMILES string of the molecule is O=C(NO)C(Cc1ccccc1)n1cc2c(n1)CCCC2. The summed E-state index contributed by atoms with van der Waals surface area (Å²) in [7, 11) is 0. The molecular formula is C16H19N3O2. The molecule has 1 amide bonds. The highest BCUT2D eigenvalue weighted by molar-refractivity contribution is 5.79. The lowest BCUT2D eigenvalue weighted by Gasteiger charge is -2.15. The summed E-state index contributed by atoms with van der Waals surface area (Å²) in [5.41, 5.74) is 5.12. The highest BCUT2D eigenvalue weighted by atomic mass is 16.5. The van der Waals surface area contributed by atoms with Crippen molar-refractivity contribution in [3.05, 3.63) is 53.3 Å². The number of aromatic nitrogens is 2. The van der Waals surface area contributed by atoms with Crippen LogP contribution < -0.4 is 5.48 Å². The van der Waals surface area contributed by atoms with Crippen LogP contribution in [-0.2, 0) is 24.1 Å². The van der Waals surface area contributed by atoms with Gasteiger partial charge in [0.1, 0.15) is 6.04 Å². The van der Waals surface area contributed by atoms with Gasteiger partial charge in [-0.15, -0.1) is 0 Å². The second kappa shape index (κ2) is 6.10. The monoisotopic (exact) mass is 285 g/mol. The molecule has 21 heavy (non-hydrogen) atoms. The van der Waals surface area contributed by atoms with Crippen molar-refractivity contribution in [1.82, 2.24) is 15.3 Å². The first-order valence-corrected chi connectivity index (χ1v) is 7.32. The van der Waals surface area contributed by atoms with E-state index in [1.54, 1.807) is 10.2 Å². The minimum atomic E-state index is -0.525. The predicted octanol–water partition coefficient (Wildman–Crippen LogP) is 2.05. The third kappa shape index (κ3) is 2.97. The van der Waals surface area contributed by atoms with E-state index in [1.165, 1.54) is 12.0 Å². The van der Waals surface area contributed by atoms with Crippen LogP contribution in [0.1, 0.15) is 35.7 Å². The van der Waals surface area contributed by atoms with Crippen LogP contribution in [0, 0.1) is 0 Å². The van der Waals surface area contributed by atoms with Gasteiger partial charge in [-0.1, -0.05) is 30.3 Å². The van der Waals surface area contributed by atoms with Crippen molar-refractivity contribution in [3.63, 3.8) is 0 Å². The fourth-order valence-corrected chi connectivity index (χ4v) is 2.87. The zero-order valence-electron chi connectivity index (χ0n) is 11.8. The third-order valence-electron chi connectivity index (χ3n) is 4.01. The molecule has 5 heteroatoms. The molecule has 0 saturated carbocycles. The lowest BCUT2D eigenvalue weighted by atomic mass is 9.99. The van der Waals surface area contributed by atoms with Crippen molar-refractivity contribution in [2.45, 2.75) is 38.1 Å². The predicted molar refractivity (Wildman–Crippen MR) is 78.0 cm³/mol. The van der Waals surface area contributed by atoms with Crippen LogP contribution in [-0.4, -0.2) is 20.9 Å². The van der Waals surface area contributed by atoms with E-state index in [4.69, 9.17) is 5.21 Å². The summed E-state index contributed by atoms with van der Waals surface area (Å²) >= 11 is 0. The molecule has 0 saturated heterocycles. The van der Waals surface area contributed by atoms with Gasteiger partial charge in [0.2, 0.25) is 0 Å². The first-order chi connectivity index (χ1) is 10.3. The van der Waals surface area contributed by atoms with Gasteiger partial charge in [-0.2, -0.15) is 5.10 Å². The van der Waals surface area contributed by atoms with Gasteiger partial charge in [0.05, 0.1) is 5.69 Å². The molecule has 0 radical (unpaired) electrons. The second-order valence-electron chi connectivity index (χ2n) is 5.47. The molecule has 0 spiro atoms. The van der Waals surface area contributed by atoms with E-state index in [0.29, 0.717) is 6.42 Å². The number of fused-ring (bicyclic) bond motifs is 1. The van der Waals surface area contributed by atoms with E-state index in [2.05, 4.69) is 5.10 Å². The fraction of sp³-hybridized carbons (Fsp3) is 0.375. The maximum absolute atomic E-state index is 12.0. The van der Waals surface area contributed by atoms with Gasteiger partial charge < -0.3 is 0 Å². The molecule has 2 N–H and O–H groups in total. The van der Waals surface area contributed by atoms with E-state index in [0.717, 1.165) is 30.5 Å². The highest BCUT2D eigenvalue weighted by Crippen LogP contribution is 2.23. The number of amides is 1. The Morgan fingerprint density at radius 3 is 2.76 bits per heavy atom. The average molecular weight is 285 g/mol. The second-order valence-corrected chi connectivity index (χ2v) is 5.47. The van der Waals surface area contributed by atoms with Gasteiger partial charge in [0, 0.05) is 12.6 Å². The molecule has 1 aliphatic rings. The summed E-state index contributed by atoms with van der Waals surface area (Å²) in [5, 5.41) is 13.6. The summed E-state index contributed by atoms with van der Waals surface area (Å²) in [5.74, 6) is -0.432. The fourth-order valence-electron chi connectivity index (χ4n) is 2.87. The number of hydrogen-bond acceptors (Lipinski definition) is 3. The minimum Gasteiger partial charge on any atom is -0.289 e. The molecule has 0 fully saturated rings. The molecule has 1 heterocycles. The lowest BCUT2D eigenvalue weighted by Crippen LogP contribution is -2.32. The topological polar surface area (TPSA) is 67.2 Å². The Kier molecular flexibility index (Phi) is 4.01. The lowest BCUT2D eigenvalue weighted by molar-refractivity contribution is -0.132. The normalized spacial score (nSPS) is 15.3. The summed E-state index contributed by atoms with van der Waals surface area (Å²) in [6.07, 6.45) is 6.79. The molecule has 0 aliphatic heterocycles. The van der Waals surface area contributed by atoms with Gasteiger partial charge in [0.25, 0.3) is 5.91 Å². The van der Waals surface area contributed by atoms with Crippen LogP contribution in [0.5, 0.6) is 0 Å². The number of nitrogens with one attached hydrogen (secondary N) is 1. The Bertz CT molecular complexity index is 598. The van der Waals surface area contributed by atoms with E-state index < -0.39 is 11.9 Å². The first kappa shape index (κ1) is 13.8. The zero-order valence-corrected chi connectivity index (χ0v) is 11.8. The maximum atomic E-state index is 12.0. The number of benzene rings is 1.